The minimum atomic E-state index is -0.00810. The van der Waals surface area contributed by atoms with Crippen LogP contribution in [0.1, 0.15) is 53.4 Å². The zero-order valence-corrected chi connectivity index (χ0v) is 10.0. The second-order valence-corrected chi connectivity index (χ2v) is 5.59. The normalized spacial score (nSPS) is 35.6. The van der Waals surface area contributed by atoms with Crippen molar-refractivity contribution in [2.24, 2.45) is 23.2 Å². The second-order valence-electron chi connectivity index (χ2n) is 5.59. The molecule has 0 amide bonds. The molecule has 0 aromatic heterocycles. The molecule has 0 radical (unpaired) electrons. The van der Waals surface area contributed by atoms with Crippen LogP contribution in [0.4, 0.5) is 0 Å². The number of aldehydes is 1. The number of rotatable bonds is 3. The standard InChI is InChI=1S/C13H24O/c1-10(2)12(4)13(9-14)7-5-6-11(3)8-13/h9-12H,5-8H2,1-4H3. The summed E-state index contributed by atoms with van der Waals surface area (Å²) in [5, 5.41) is 0. The summed E-state index contributed by atoms with van der Waals surface area (Å²) >= 11 is 0. The van der Waals surface area contributed by atoms with Crippen LogP contribution in [-0.4, -0.2) is 6.29 Å². The summed E-state index contributed by atoms with van der Waals surface area (Å²) in [4.78, 5) is 11.4. The molecule has 0 N–H and O–H groups in total. The van der Waals surface area contributed by atoms with Crippen LogP contribution in [0.3, 0.4) is 0 Å². The molecule has 0 aromatic carbocycles. The van der Waals surface area contributed by atoms with Gasteiger partial charge in [0.25, 0.3) is 0 Å². The summed E-state index contributed by atoms with van der Waals surface area (Å²) < 4.78 is 0. The highest BCUT2D eigenvalue weighted by Gasteiger charge is 2.40. The molecule has 0 aliphatic heterocycles. The lowest BCUT2D eigenvalue weighted by molar-refractivity contribution is -0.123. The van der Waals surface area contributed by atoms with Crippen molar-refractivity contribution in [2.75, 3.05) is 0 Å². The van der Waals surface area contributed by atoms with E-state index in [9.17, 15) is 4.79 Å². The van der Waals surface area contributed by atoms with Crippen LogP contribution in [0.15, 0.2) is 0 Å². The number of carbonyl (C=O) groups is 1. The largest absolute Gasteiger partial charge is 0.303 e. The van der Waals surface area contributed by atoms with Crippen molar-refractivity contribution in [3.63, 3.8) is 0 Å². The first-order valence-electron chi connectivity index (χ1n) is 5.98. The molecule has 0 aromatic rings. The van der Waals surface area contributed by atoms with Gasteiger partial charge in [-0.1, -0.05) is 40.5 Å². The van der Waals surface area contributed by atoms with Crippen LogP contribution in [0.25, 0.3) is 0 Å². The molecule has 1 saturated carbocycles. The third kappa shape index (κ3) is 2.18. The molecular formula is C13H24O. The zero-order valence-electron chi connectivity index (χ0n) is 10.0. The quantitative estimate of drug-likeness (QED) is 0.629. The molecule has 82 valence electrons. The van der Waals surface area contributed by atoms with Gasteiger partial charge in [0.1, 0.15) is 6.29 Å². The predicted molar refractivity (Wildman–Crippen MR) is 60.1 cm³/mol. The summed E-state index contributed by atoms with van der Waals surface area (Å²) in [6.07, 6.45) is 6.01. The maximum Gasteiger partial charge on any atom is 0.126 e. The van der Waals surface area contributed by atoms with Gasteiger partial charge in [0.15, 0.2) is 0 Å². The van der Waals surface area contributed by atoms with E-state index in [1.54, 1.807) is 0 Å². The highest BCUT2D eigenvalue weighted by Crippen LogP contribution is 2.45. The van der Waals surface area contributed by atoms with Gasteiger partial charge < -0.3 is 4.79 Å². The van der Waals surface area contributed by atoms with E-state index in [2.05, 4.69) is 27.7 Å². The van der Waals surface area contributed by atoms with E-state index in [0.29, 0.717) is 11.8 Å². The Balaban J connectivity index is 2.79. The van der Waals surface area contributed by atoms with Crippen molar-refractivity contribution < 1.29 is 4.79 Å². The van der Waals surface area contributed by atoms with Gasteiger partial charge in [0.05, 0.1) is 0 Å². The summed E-state index contributed by atoms with van der Waals surface area (Å²) in [5.41, 5.74) is -0.00810. The van der Waals surface area contributed by atoms with E-state index in [-0.39, 0.29) is 5.41 Å². The molecule has 0 saturated heterocycles. The summed E-state index contributed by atoms with van der Waals surface area (Å²) in [6.45, 7) is 8.99. The number of hydrogen-bond donors (Lipinski definition) is 0. The SMILES string of the molecule is CC1CCCC(C=O)(C(C)C(C)C)C1. The Morgan fingerprint density at radius 1 is 1.36 bits per heavy atom. The number of hydrogen-bond acceptors (Lipinski definition) is 1. The van der Waals surface area contributed by atoms with Crippen molar-refractivity contribution in [3.8, 4) is 0 Å². The minimum absolute atomic E-state index is 0.00810. The Labute approximate surface area is 88.3 Å². The zero-order chi connectivity index (χ0) is 10.8. The topological polar surface area (TPSA) is 17.1 Å². The summed E-state index contributed by atoms with van der Waals surface area (Å²) in [6, 6.07) is 0. The minimum Gasteiger partial charge on any atom is -0.303 e. The molecule has 1 rings (SSSR count). The van der Waals surface area contributed by atoms with Crippen LogP contribution in [0.5, 0.6) is 0 Å². The highest BCUT2D eigenvalue weighted by molar-refractivity contribution is 5.60. The molecule has 14 heavy (non-hydrogen) atoms. The molecular weight excluding hydrogens is 172 g/mol. The maximum absolute atomic E-state index is 11.4. The third-order valence-corrected chi connectivity index (χ3v) is 4.21. The van der Waals surface area contributed by atoms with E-state index < -0.39 is 0 Å². The van der Waals surface area contributed by atoms with Crippen LogP contribution in [0.2, 0.25) is 0 Å². The van der Waals surface area contributed by atoms with Crippen LogP contribution in [0, 0.1) is 23.2 Å². The summed E-state index contributed by atoms with van der Waals surface area (Å²) in [7, 11) is 0. The Bertz CT molecular complexity index is 197. The monoisotopic (exact) mass is 196 g/mol. The average molecular weight is 196 g/mol. The Morgan fingerprint density at radius 2 is 2.00 bits per heavy atom. The molecule has 1 fully saturated rings. The highest BCUT2D eigenvalue weighted by atomic mass is 16.1. The molecule has 1 heteroatoms. The number of carbonyl (C=O) groups excluding carboxylic acids is 1. The lowest BCUT2D eigenvalue weighted by Crippen LogP contribution is -2.38. The molecule has 1 nitrogen and oxygen atoms in total. The smallest absolute Gasteiger partial charge is 0.126 e. The lowest BCUT2D eigenvalue weighted by Gasteiger charge is -2.42. The first kappa shape index (κ1) is 11.7. The second kappa shape index (κ2) is 4.46. The molecule has 0 bridgehead atoms. The van der Waals surface area contributed by atoms with Crippen molar-refractivity contribution in [2.45, 2.75) is 53.4 Å². The van der Waals surface area contributed by atoms with Crippen molar-refractivity contribution in [3.05, 3.63) is 0 Å². The fourth-order valence-electron chi connectivity index (χ4n) is 2.92. The van der Waals surface area contributed by atoms with E-state index in [1.165, 1.54) is 19.1 Å². The molecule has 3 atom stereocenters. The molecule has 1 aliphatic rings. The lowest BCUT2D eigenvalue weighted by atomic mass is 9.62. The van der Waals surface area contributed by atoms with E-state index in [0.717, 1.165) is 18.8 Å². The van der Waals surface area contributed by atoms with Gasteiger partial charge in [0.2, 0.25) is 0 Å². The average Bonchev–Trinajstić information content (AvgIpc) is 2.16. The first-order chi connectivity index (χ1) is 6.52. The Kier molecular flexibility index (Phi) is 3.74. The van der Waals surface area contributed by atoms with Gasteiger partial charge in [0, 0.05) is 5.41 Å². The summed E-state index contributed by atoms with van der Waals surface area (Å²) in [5.74, 6) is 1.88. The van der Waals surface area contributed by atoms with Gasteiger partial charge in [-0.15, -0.1) is 0 Å². The third-order valence-electron chi connectivity index (χ3n) is 4.21. The fourth-order valence-corrected chi connectivity index (χ4v) is 2.92. The maximum atomic E-state index is 11.4. The van der Waals surface area contributed by atoms with Gasteiger partial charge in [-0.3, -0.25) is 0 Å². The first-order valence-corrected chi connectivity index (χ1v) is 5.98. The van der Waals surface area contributed by atoms with E-state index in [1.807, 2.05) is 0 Å². The van der Waals surface area contributed by atoms with Crippen molar-refractivity contribution in [1.29, 1.82) is 0 Å². The Hall–Kier alpha value is -0.330. The van der Waals surface area contributed by atoms with Crippen LogP contribution in [-0.2, 0) is 4.79 Å². The van der Waals surface area contributed by atoms with Crippen LogP contribution < -0.4 is 0 Å². The van der Waals surface area contributed by atoms with Gasteiger partial charge in [-0.2, -0.15) is 0 Å². The molecule has 1 aliphatic carbocycles. The van der Waals surface area contributed by atoms with E-state index >= 15 is 0 Å². The molecule has 0 spiro atoms. The van der Waals surface area contributed by atoms with Gasteiger partial charge in [-0.05, 0) is 30.6 Å². The van der Waals surface area contributed by atoms with Crippen molar-refractivity contribution in [1.82, 2.24) is 0 Å². The fraction of sp³-hybridized carbons (Fsp3) is 0.923. The van der Waals surface area contributed by atoms with Gasteiger partial charge in [-0.25, -0.2) is 0 Å². The van der Waals surface area contributed by atoms with Crippen LogP contribution >= 0.6 is 0 Å². The van der Waals surface area contributed by atoms with E-state index in [4.69, 9.17) is 0 Å². The molecule has 0 heterocycles. The predicted octanol–water partition coefficient (Wildman–Crippen LogP) is 3.67. The van der Waals surface area contributed by atoms with Gasteiger partial charge >= 0.3 is 0 Å². The van der Waals surface area contributed by atoms with Crippen molar-refractivity contribution >= 4 is 6.29 Å². The molecule has 3 unspecified atom stereocenters. The Morgan fingerprint density at radius 3 is 2.43 bits per heavy atom.